The number of hydrogen-bond donors (Lipinski definition) is 0. The monoisotopic (exact) mass is 383 g/mol. The van der Waals surface area contributed by atoms with Crippen LogP contribution in [0.3, 0.4) is 0 Å². The Hall–Kier alpha value is -2.70. The second-order valence-electron chi connectivity index (χ2n) is 6.90. The van der Waals surface area contributed by atoms with Gasteiger partial charge in [-0.25, -0.2) is 4.79 Å². The molecule has 4 rings (SSSR count). The highest BCUT2D eigenvalue weighted by Crippen LogP contribution is 2.25. The van der Waals surface area contributed by atoms with Crippen molar-refractivity contribution in [2.45, 2.75) is 13.0 Å². The van der Waals surface area contributed by atoms with Gasteiger partial charge in [-0.2, -0.15) is 0 Å². The molecule has 0 atom stereocenters. The molecule has 7 heteroatoms. The van der Waals surface area contributed by atoms with Crippen LogP contribution < -0.4 is 16.7 Å². The van der Waals surface area contributed by atoms with Crippen molar-refractivity contribution in [1.82, 2.24) is 13.9 Å². The maximum atomic E-state index is 13.2. The predicted octanol–water partition coefficient (Wildman–Crippen LogP) is 2.17. The number of para-hydroxylation sites is 1. The first-order valence-corrected chi connectivity index (χ1v) is 9.06. The molecule has 0 aliphatic heterocycles. The number of aromatic nitrogens is 2. The van der Waals surface area contributed by atoms with E-state index in [1.807, 2.05) is 19.0 Å². The van der Waals surface area contributed by atoms with E-state index in [0.29, 0.717) is 34.8 Å². The van der Waals surface area contributed by atoms with Gasteiger partial charge in [-0.05, 0) is 51.3 Å². The molecule has 2 aromatic carbocycles. The van der Waals surface area contributed by atoms with Crippen LogP contribution >= 0.6 is 11.6 Å². The Morgan fingerprint density at radius 2 is 1.74 bits per heavy atom. The van der Waals surface area contributed by atoms with Gasteiger partial charge in [0.25, 0.3) is 5.56 Å². The van der Waals surface area contributed by atoms with Gasteiger partial charge in [-0.15, -0.1) is 0 Å². The fraction of sp³-hybridized carbons (Fsp3) is 0.250. The van der Waals surface area contributed by atoms with Crippen LogP contribution in [0.25, 0.3) is 27.2 Å². The van der Waals surface area contributed by atoms with Gasteiger partial charge in [0.05, 0.1) is 26.8 Å². The van der Waals surface area contributed by atoms with Crippen LogP contribution in [-0.4, -0.2) is 34.5 Å². The number of hydrogen-bond acceptors (Lipinski definition) is 4. The van der Waals surface area contributed by atoms with E-state index in [2.05, 4.69) is 0 Å². The van der Waals surface area contributed by atoms with Crippen LogP contribution in [0.15, 0.2) is 50.8 Å². The lowest BCUT2D eigenvalue weighted by molar-refractivity contribution is 0.382. The SMILES string of the molecule is CN(C)CCCn1c(=O)c2ccc(Cl)c3c(=O)c4ccccc4n(c1=O)c23. The molecule has 0 aliphatic carbocycles. The first kappa shape index (κ1) is 17.7. The van der Waals surface area contributed by atoms with Gasteiger partial charge in [0.2, 0.25) is 0 Å². The van der Waals surface area contributed by atoms with E-state index < -0.39 is 11.2 Å². The number of rotatable bonds is 4. The molecule has 0 N–H and O–H groups in total. The fourth-order valence-corrected chi connectivity index (χ4v) is 3.84. The Bertz CT molecular complexity index is 1350. The van der Waals surface area contributed by atoms with Crippen LogP contribution in [0, 0.1) is 0 Å². The predicted molar refractivity (Wildman–Crippen MR) is 109 cm³/mol. The maximum Gasteiger partial charge on any atom is 0.336 e. The molecular weight excluding hydrogens is 366 g/mol. The Morgan fingerprint density at radius 1 is 1.00 bits per heavy atom. The lowest BCUT2D eigenvalue weighted by Gasteiger charge is -2.15. The standard InChI is InChI=1S/C20H18ClN3O3/c1-22(2)10-5-11-23-19(26)13-8-9-14(21)16-17(13)24(20(23)27)15-7-4-3-6-12(15)18(16)25/h3-4,6-9H,5,10-11H2,1-2H3. The van der Waals surface area contributed by atoms with Crippen LogP contribution in [0.2, 0.25) is 5.02 Å². The molecular formula is C20H18ClN3O3. The van der Waals surface area contributed by atoms with Crippen molar-refractivity contribution < 1.29 is 0 Å². The maximum absolute atomic E-state index is 13.2. The van der Waals surface area contributed by atoms with E-state index >= 15 is 0 Å². The molecule has 2 aromatic heterocycles. The highest BCUT2D eigenvalue weighted by molar-refractivity contribution is 6.36. The molecule has 0 saturated carbocycles. The van der Waals surface area contributed by atoms with Crippen molar-refractivity contribution in [3.63, 3.8) is 0 Å². The number of pyridine rings is 1. The summed E-state index contributed by atoms with van der Waals surface area (Å²) in [6, 6.07) is 10.0. The zero-order valence-electron chi connectivity index (χ0n) is 15.0. The Morgan fingerprint density at radius 3 is 2.48 bits per heavy atom. The Kier molecular flexibility index (Phi) is 4.25. The average molecular weight is 384 g/mol. The van der Waals surface area contributed by atoms with E-state index in [4.69, 9.17) is 11.6 Å². The number of fused-ring (bicyclic) bond motifs is 2. The first-order valence-electron chi connectivity index (χ1n) is 8.68. The molecule has 4 aromatic rings. The van der Waals surface area contributed by atoms with Crippen molar-refractivity contribution >= 4 is 38.8 Å². The summed E-state index contributed by atoms with van der Waals surface area (Å²) >= 11 is 6.28. The topological polar surface area (TPSA) is 63.8 Å². The van der Waals surface area contributed by atoms with E-state index in [1.54, 1.807) is 36.4 Å². The molecule has 138 valence electrons. The highest BCUT2D eigenvalue weighted by Gasteiger charge is 2.19. The fourth-order valence-electron chi connectivity index (χ4n) is 3.60. The third kappa shape index (κ3) is 2.64. The van der Waals surface area contributed by atoms with Crippen molar-refractivity contribution in [3.05, 3.63) is 72.5 Å². The average Bonchev–Trinajstić information content (AvgIpc) is 2.64. The van der Waals surface area contributed by atoms with Crippen LogP contribution in [0.4, 0.5) is 0 Å². The first-order chi connectivity index (χ1) is 12.9. The van der Waals surface area contributed by atoms with Crippen LogP contribution in [0.1, 0.15) is 6.42 Å². The van der Waals surface area contributed by atoms with Crippen molar-refractivity contribution in [2.75, 3.05) is 20.6 Å². The minimum Gasteiger partial charge on any atom is -0.309 e. The Labute approximate surface area is 159 Å². The molecule has 0 unspecified atom stereocenters. The lowest BCUT2D eigenvalue weighted by atomic mass is 10.1. The van der Waals surface area contributed by atoms with Crippen molar-refractivity contribution in [1.29, 1.82) is 0 Å². The zero-order valence-corrected chi connectivity index (χ0v) is 15.8. The third-order valence-electron chi connectivity index (χ3n) is 4.85. The summed E-state index contributed by atoms with van der Waals surface area (Å²) in [5.41, 5.74) is -0.339. The van der Waals surface area contributed by atoms with Crippen molar-refractivity contribution in [3.8, 4) is 0 Å². The summed E-state index contributed by atoms with van der Waals surface area (Å²) in [6.45, 7) is 1.06. The van der Waals surface area contributed by atoms with Gasteiger partial charge in [-0.3, -0.25) is 18.6 Å². The minimum absolute atomic E-state index is 0.211. The minimum atomic E-state index is -0.449. The molecule has 27 heavy (non-hydrogen) atoms. The van der Waals surface area contributed by atoms with Crippen LogP contribution in [0.5, 0.6) is 0 Å². The van der Waals surface area contributed by atoms with E-state index in [9.17, 15) is 14.4 Å². The molecule has 0 radical (unpaired) electrons. The summed E-state index contributed by atoms with van der Waals surface area (Å²) in [4.78, 5) is 41.2. The molecule has 6 nitrogen and oxygen atoms in total. The normalized spacial score (nSPS) is 12.0. The van der Waals surface area contributed by atoms with Gasteiger partial charge < -0.3 is 4.90 Å². The number of halogens is 1. The Balaban J connectivity index is 2.20. The molecule has 0 fully saturated rings. The quantitative estimate of drug-likeness (QED) is 0.400. The van der Waals surface area contributed by atoms with Gasteiger partial charge in [-0.1, -0.05) is 23.7 Å². The molecule has 0 amide bonds. The van der Waals surface area contributed by atoms with Gasteiger partial charge in [0.15, 0.2) is 5.43 Å². The smallest absolute Gasteiger partial charge is 0.309 e. The number of nitrogens with zero attached hydrogens (tertiary/aromatic N) is 3. The molecule has 0 aliphatic rings. The van der Waals surface area contributed by atoms with E-state index in [-0.39, 0.29) is 15.8 Å². The van der Waals surface area contributed by atoms with Gasteiger partial charge in [0, 0.05) is 11.9 Å². The molecule has 0 bridgehead atoms. The van der Waals surface area contributed by atoms with Gasteiger partial charge >= 0.3 is 5.69 Å². The molecule has 2 heterocycles. The largest absolute Gasteiger partial charge is 0.336 e. The highest BCUT2D eigenvalue weighted by atomic mass is 35.5. The zero-order chi connectivity index (χ0) is 19.3. The lowest BCUT2D eigenvalue weighted by Crippen LogP contribution is -2.39. The summed E-state index contributed by atoms with van der Waals surface area (Å²) in [6.07, 6.45) is 0.661. The van der Waals surface area contributed by atoms with Gasteiger partial charge in [0.1, 0.15) is 0 Å². The second kappa shape index (κ2) is 6.48. The number of benzene rings is 2. The molecule has 0 spiro atoms. The molecule has 0 saturated heterocycles. The van der Waals surface area contributed by atoms with Crippen LogP contribution in [-0.2, 0) is 6.54 Å². The van der Waals surface area contributed by atoms with E-state index in [0.717, 1.165) is 6.54 Å². The summed E-state index contributed by atoms with van der Waals surface area (Å²) in [5.74, 6) is 0. The van der Waals surface area contributed by atoms with Crippen molar-refractivity contribution in [2.24, 2.45) is 0 Å². The summed E-state index contributed by atoms with van der Waals surface area (Å²) in [7, 11) is 3.88. The summed E-state index contributed by atoms with van der Waals surface area (Å²) in [5, 5.41) is 1.17. The van der Waals surface area contributed by atoms with E-state index in [1.165, 1.54) is 8.97 Å². The summed E-state index contributed by atoms with van der Waals surface area (Å²) < 4.78 is 2.69. The second-order valence-corrected chi connectivity index (χ2v) is 7.30. The third-order valence-corrected chi connectivity index (χ3v) is 5.17.